The van der Waals surface area contributed by atoms with E-state index in [0.29, 0.717) is 0 Å². The molecule has 1 aliphatic rings. The number of halogens is 1. The molecule has 2 rings (SSSR count). The lowest BCUT2D eigenvalue weighted by atomic mass is 10.1. The highest BCUT2D eigenvalue weighted by Gasteiger charge is 2.24. The predicted molar refractivity (Wildman–Crippen MR) is 81.4 cm³/mol. The number of aryl methyl sites for hydroxylation is 1. The number of hydrogen-bond acceptors (Lipinski definition) is 3. The van der Waals surface area contributed by atoms with Crippen LogP contribution in [-0.2, 0) is 16.0 Å². The summed E-state index contributed by atoms with van der Waals surface area (Å²) >= 11 is 0. The van der Waals surface area contributed by atoms with Gasteiger partial charge in [0.05, 0.1) is 18.6 Å². The molecule has 4 N–H and O–H groups in total. The summed E-state index contributed by atoms with van der Waals surface area (Å²) in [6, 6.07) is 3.86. The summed E-state index contributed by atoms with van der Waals surface area (Å²) in [4.78, 5) is 23.6. The fourth-order valence-electron chi connectivity index (χ4n) is 2.57. The van der Waals surface area contributed by atoms with E-state index in [1.54, 1.807) is 6.07 Å². The van der Waals surface area contributed by atoms with Gasteiger partial charge in [-0.15, -0.1) is 0 Å². The Bertz CT molecular complexity index is 575. The van der Waals surface area contributed by atoms with Crippen LogP contribution >= 0.6 is 0 Å². The average Bonchev–Trinajstić information content (AvgIpc) is 2.85. The third kappa shape index (κ3) is 3.82. The van der Waals surface area contributed by atoms with Crippen molar-refractivity contribution in [2.45, 2.75) is 38.8 Å². The van der Waals surface area contributed by atoms with Crippen LogP contribution in [0.3, 0.4) is 0 Å². The molecule has 22 heavy (non-hydrogen) atoms. The smallest absolute Gasteiger partial charge is 0.239 e. The van der Waals surface area contributed by atoms with Gasteiger partial charge in [-0.2, -0.15) is 0 Å². The van der Waals surface area contributed by atoms with E-state index < -0.39 is 6.04 Å². The third-order valence-corrected chi connectivity index (χ3v) is 3.96. The van der Waals surface area contributed by atoms with Crippen molar-refractivity contribution in [3.05, 3.63) is 35.1 Å². The van der Waals surface area contributed by atoms with Crippen molar-refractivity contribution in [1.82, 2.24) is 10.6 Å². The van der Waals surface area contributed by atoms with Crippen molar-refractivity contribution in [1.29, 1.82) is 0 Å². The summed E-state index contributed by atoms with van der Waals surface area (Å²) in [5.41, 5.74) is 7.58. The first kappa shape index (κ1) is 16.4. The highest BCUT2D eigenvalue weighted by atomic mass is 19.1. The molecule has 0 aromatic heterocycles. The lowest BCUT2D eigenvalue weighted by Gasteiger charge is -2.17. The molecule has 0 saturated carbocycles. The minimum atomic E-state index is -0.622. The van der Waals surface area contributed by atoms with Crippen LogP contribution in [0, 0.1) is 11.7 Å². The second-order valence-electron chi connectivity index (χ2n) is 5.99. The van der Waals surface area contributed by atoms with E-state index >= 15 is 0 Å². The van der Waals surface area contributed by atoms with E-state index in [4.69, 9.17) is 5.73 Å². The molecule has 0 aliphatic heterocycles. The standard InChI is InChI=1S/C16H22FN3O2/c1-9(2)15(18)16(22)19-8-14(21)20-13-6-3-10-7-11(17)4-5-12(10)13/h4-5,7,9,13,15H,3,6,8,18H2,1-2H3,(H,19,22)(H,20,21)/t13?,15-/m0/s1. The van der Waals surface area contributed by atoms with Crippen LogP contribution < -0.4 is 16.4 Å². The third-order valence-electron chi connectivity index (χ3n) is 3.96. The van der Waals surface area contributed by atoms with Crippen LogP contribution in [0.25, 0.3) is 0 Å². The van der Waals surface area contributed by atoms with Gasteiger partial charge in [0.15, 0.2) is 0 Å². The Morgan fingerprint density at radius 1 is 1.41 bits per heavy atom. The highest BCUT2D eigenvalue weighted by Crippen LogP contribution is 2.31. The van der Waals surface area contributed by atoms with Crippen molar-refractivity contribution in [3.63, 3.8) is 0 Å². The summed E-state index contributed by atoms with van der Waals surface area (Å²) in [7, 11) is 0. The number of benzene rings is 1. The van der Waals surface area contributed by atoms with Gasteiger partial charge in [0.25, 0.3) is 0 Å². The Kier molecular flexibility index (Phi) is 5.13. The van der Waals surface area contributed by atoms with Gasteiger partial charge in [0.2, 0.25) is 11.8 Å². The van der Waals surface area contributed by atoms with Crippen molar-refractivity contribution in [3.8, 4) is 0 Å². The van der Waals surface area contributed by atoms with Crippen LogP contribution in [0.2, 0.25) is 0 Å². The molecule has 0 radical (unpaired) electrons. The average molecular weight is 307 g/mol. The molecule has 0 fully saturated rings. The Morgan fingerprint density at radius 2 is 2.14 bits per heavy atom. The van der Waals surface area contributed by atoms with Gasteiger partial charge in [-0.3, -0.25) is 9.59 Å². The summed E-state index contributed by atoms with van der Waals surface area (Å²) < 4.78 is 13.2. The molecule has 1 unspecified atom stereocenters. The normalized spacial score (nSPS) is 18.0. The molecule has 2 atom stereocenters. The molecule has 120 valence electrons. The number of fused-ring (bicyclic) bond motifs is 1. The Labute approximate surface area is 129 Å². The van der Waals surface area contributed by atoms with E-state index in [1.165, 1.54) is 12.1 Å². The van der Waals surface area contributed by atoms with E-state index in [-0.39, 0.29) is 36.1 Å². The summed E-state index contributed by atoms with van der Waals surface area (Å²) in [6.45, 7) is 3.59. The minimum absolute atomic E-state index is 0.0136. The van der Waals surface area contributed by atoms with E-state index in [9.17, 15) is 14.0 Å². The zero-order valence-corrected chi connectivity index (χ0v) is 12.9. The summed E-state index contributed by atoms with van der Waals surface area (Å²) in [5, 5.41) is 5.40. The molecule has 0 saturated heterocycles. The topological polar surface area (TPSA) is 84.2 Å². The number of nitrogens with one attached hydrogen (secondary N) is 2. The fraction of sp³-hybridized carbons (Fsp3) is 0.500. The second-order valence-corrected chi connectivity index (χ2v) is 5.99. The van der Waals surface area contributed by atoms with Crippen LogP contribution in [0.4, 0.5) is 4.39 Å². The molecule has 0 spiro atoms. The number of carbonyl (C=O) groups excluding carboxylic acids is 2. The van der Waals surface area contributed by atoms with Gasteiger partial charge in [0.1, 0.15) is 5.82 Å². The van der Waals surface area contributed by atoms with Crippen LogP contribution in [0.15, 0.2) is 18.2 Å². The minimum Gasteiger partial charge on any atom is -0.348 e. The van der Waals surface area contributed by atoms with Crippen LogP contribution in [-0.4, -0.2) is 24.4 Å². The zero-order chi connectivity index (χ0) is 16.3. The molecular formula is C16H22FN3O2. The zero-order valence-electron chi connectivity index (χ0n) is 12.9. The van der Waals surface area contributed by atoms with Crippen molar-refractivity contribution < 1.29 is 14.0 Å². The molecule has 1 aromatic carbocycles. The monoisotopic (exact) mass is 307 g/mol. The molecule has 2 amide bonds. The molecule has 0 heterocycles. The van der Waals surface area contributed by atoms with Crippen molar-refractivity contribution >= 4 is 11.8 Å². The molecule has 1 aromatic rings. The first-order valence-electron chi connectivity index (χ1n) is 7.49. The highest BCUT2D eigenvalue weighted by molar-refractivity contribution is 5.87. The number of rotatable bonds is 5. The van der Waals surface area contributed by atoms with Gasteiger partial charge in [-0.05, 0) is 42.0 Å². The van der Waals surface area contributed by atoms with E-state index in [0.717, 1.165) is 24.0 Å². The molecule has 5 nitrogen and oxygen atoms in total. The lowest BCUT2D eigenvalue weighted by Crippen LogP contribution is -2.47. The lowest BCUT2D eigenvalue weighted by molar-refractivity contribution is -0.127. The van der Waals surface area contributed by atoms with Gasteiger partial charge < -0.3 is 16.4 Å². The van der Waals surface area contributed by atoms with Crippen molar-refractivity contribution in [2.24, 2.45) is 11.7 Å². The maximum atomic E-state index is 13.2. The molecular weight excluding hydrogens is 285 g/mol. The largest absolute Gasteiger partial charge is 0.348 e. The second kappa shape index (κ2) is 6.87. The fourth-order valence-corrected chi connectivity index (χ4v) is 2.57. The van der Waals surface area contributed by atoms with E-state index in [1.807, 2.05) is 13.8 Å². The van der Waals surface area contributed by atoms with Gasteiger partial charge in [0, 0.05) is 0 Å². The van der Waals surface area contributed by atoms with Crippen molar-refractivity contribution in [2.75, 3.05) is 6.54 Å². The number of amides is 2. The maximum Gasteiger partial charge on any atom is 0.239 e. The quantitative estimate of drug-likeness (QED) is 0.759. The molecule has 6 heteroatoms. The van der Waals surface area contributed by atoms with E-state index in [2.05, 4.69) is 10.6 Å². The first-order valence-corrected chi connectivity index (χ1v) is 7.49. The first-order chi connectivity index (χ1) is 10.4. The Hall–Kier alpha value is -1.95. The van der Waals surface area contributed by atoms with Gasteiger partial charge >= 0.3 is 0 Å². The predicted octanol–water partition coefficient (Wildman–Crippen LogP) is 1.03. The molecule has 1 aliphatic carbocycles. The summed E-state index contributed by atoms with van der Waals surface area (Å²) in [6.07, 6.45) is 1.48. The van der Waals surface area contributed by atoms with Crippen LogP contribution in [0.1, 0.15) is 37.4 Å². The number of hydrogen-bond donors (Lipinski definition) is 3. The van der Waals surface area contributed by atoms with Gasteiger partial charge in [-0.25, -0.2) is 4.39 Å². The number of carbonyl (C=O) groups is 2. The SMILES string of the molecule is CC(C)[C@H](N)C(=O)NCC(=O)NC1CCc2cc(F)ccc21. The maximum absolute atomic E-state index is 13.2. The Morgan fingerprint density at radius 3 is 2.82 bits per heavy atom. The summed E-state index contributed by atoms with van der Waals surface area (Å²) in [5.74, 6) is -0.856. The van der Waals surface area contributed by atoms with Crippen LogP contribution in [0.5, 0.6) is 0 Å². The molecule has 0 bridgehead atoms. The number of nitrogens with two attached hydrogens (primary N) is 1. The Balaban J connectivity index is 1.86. The van der Waals surface area contributed by atoms with Gasteiger partial charge in [-0.1, -0.05) is 19.9 Å².